The van der Waals surface area contributed by atoms with Gasteiger partial charge in [0.2, 0.25) is 0 Å². The van der Waals surface area contributed by atoms with Crippen molar-refractivity contribution in [2.75, 3.05) is 7.05 Å². The van der Waals surface area contributed by atoms with Crippen LogP contribution >= 0.6 is 0 Å². The third-order valence-electron chi connectivity index (χ3n) is 3.06. The van der Waals surface area contributed by atoms with E-state index in [1.54, 1.807) is 0 Å². The van der Waals surface area contributed by atoms with E-state index < -0.39 is 11.9 Å². The molecule has 0 saturated carbocycles. The van der Waals surface area contributed by atoms with E-state index in [0.717, 1.165) is 5.56 Å². The second kappa shape index (κ2) is 5.56. The van der Waals surface area contributed by atoms with Crippen LogP contribution in [0.2, 0.25) is 0 Å². The highest BCUT2D eigenvalue weighted by atomic mass is 16.4. The fraction of sp³-hybridized carbons (Fsp3) is 0.214. The molecule has 0 unspecified atom stereocenters. The number of nitrogens with one attached hydrogen (secondary N) is 1. The van der Waals surface area contributed by atoms with Gasteiger partial charge in [-0.15, -0.1) is 0 Å². The molecule has 0 radical (unpaired) electrons. The first-order valence-corrected chi connectivity index (χ1v) is 6.14. The highest BCUT2D eigenvalue weighted by Gasteiger charge is 2.21. The number of hydrogen-bond acceptors (Lipinski definition) is 3. The van der Waals surface area contributed by atoms with Gasteiger partial charge in [-0.3, -0.25) is 9.48 Å². The summed E-state index contributed by atoms with van der Waals surface area (Å²) in [6.07, 6.45) is 0. The van der Waals surface area contributed by atoms with Crippen LogP contribution in [0.4, 0.5) is 0 Å². The summed E-state index contributed by atoms with van der Waals surface area (Å²) in [4.78, 5) is 22.9. The van der Waals surface area contributed by atoms with Crippen molar-refractivity contribution >= 4 is 11.9 Å². The Morgan fingerprint density at radius 2 is 1.95 bits per heavy atom. The molecular weight excluding hydrogens is 258 g/mol. The molecule has 6 nitrogen and oxygen atoms in total. The molecule has 2 N–H and O–H groups in total. The van der Waals surface area contributed by atoms with E-state index in [1.165, 1.54) is 17.8 Å². The van der Waals surface area contributed by atoms with Gasteiger partial charge in [0.15, 0.2) is 5.69 Å². The first-order valence-electron chi connectivity index (χ1n) is 6.14. The standard InChI is InChI=1S/C14H15N3O3/c1-9(10-6-4-3-5-7-10)17-12(14(19)20)8-11(16-17)13(18)15-2/h3-9H,1-2H3,(H,15,18)(H,19,20)/t9-/m0/s1. The van der Waals surface area contributed by atoms with Gasteiger partial charge in [0.25, 0.3) is 5.91 Å². The van der Waals surface area contributed by atoms with Crippen molar-refractivity contribution in [3.8, 4) is 0 Å². The maximum atomic E-state index is 11.6. The minimum Gasteiger partial charge on any atom is -0.477 e. The SMILES string of the molecule is CNC(=O)c1cc(C(=O)O)n([C@@H](C)c2ccccc2)n1. The average Bonchev–Trinajstić information content (AvgIpc) is 2.92. The van der Waals surface area contributed by atoms with Crippen molar-refractivity contribution in [1.82, 2.24) is 15.1 Å². The van der Waals surface area contributed by atoms with E-state index in [1.807, 2.05) is 37.3 Å². The molecule has 1 atom stereocenters. The molecule has 0 saturated heterocycles. The van der Waals surface area contributed by atoms with Crippen LogP contribution in [-0.2, 0) is 0 Å². The fourth-order valence-corrected chi connectivity index (χ4v) is 1.96. The first kappa shape index (κ1) is 13.8. The number of rotatable bonds is 4. The van der Waals surface area contributed by atoms with Crippen LogP contribution in [0.1, 0.15) is 39.5 Å². The monoisotopic (exact) mass is 273 g/mol. The first-order chi connectivity index (χ1) is 9.54. The number of carboxylic acids is 1. The number of aromatic carboxylic acids is 1. The molecule has 0 aliphatic carbocycles. The molecule has 2 rings (SSSR count). The molecule has 0 fully saturated rings. The zero-order valence-electron chi connectivity index (χ0n) is 11.2. The highest BCUT2D eigenvalue weighted by Crippen LogP contribution is 2.20. The molecule has 20 heavy (non-hydrogen) atoms. The Kier molecular flexibility index (Phi) is 3.84. The summed E-state index contributed by atoms with van der Waals surface area (Å²) in [7, 11) is 1.47. The number of benzene rings is 1. The Morgan fingerprint density at radius 1 is 1.30 bits per heavy atom. The topological polar surface area (TPSA) is 84.2 Å². The van der Waals surface area contributed by atoms with Crippen molar-refractivity contribution in [3.05, 3.63) is 53.3 Å². The summed E-state index contributed by atoms with van der Waals surface area (Å²) in [6.45, 7) is 1.84. The Morgan fingerprint density at radius 3 is 2.50 bits per heavy atom. The van der Waals surface area contributed by atoms with Crippen LogP contribution in [0.15, 0.2) is 36.4 Å². The fourth-order valence-electron chi connectivity index (χ4n) is 1.96. The predicted molar refractivity (Wildman–Crippen MR) is 72.8 cm³/mol. The summed E-state index contributed by atoms with van der Waals surface area (Å²) in [5.74, 6) is -1.53. The smallest absolute Gasteiger partial charge is 0.354 e. The molecule has 0 bridgehead atoms. The van der Waals surface area contributed by atoms with E-state index in [0.29, 0.717) is 0 Å². The van der Waals surface area contributed by atoms with E-state index in [2.05, 4.69) is 10.4 Å². The van der Waals surface area contributed by atoms with Gasteiger partial charge in [0, 0.05) is 13.1 Å². The van der Waals surface area contributed by atoms with Gasteiger partial charge in [0.1, 0.15) is 5.69 Å². The normalized spacial score (nSPS) is 11.9. The summed E-state index contributed by atoms with van der Waals surface area (Å²) in [5.41, 5.74) is 0.995. The lowest BCUT2D eigenvalue weighted by atomic mass is 10.1. The molecule has 0 aliphatic rings. The molecule has 1 aromatic carbocycles. The van der Waals surface area contributed by atoms with Crippen LogP contribution in [0.25, 0.3) is 0 Å². The number of amides is 1. The van der Waals surface area contributed by atoms with Gasteiger partial charge in [-0.25, -0.2) is 4.79 Å². The number of carbonyl (C=O) groups excluding carboxylic acids is 1. The molecule has 104 valence electrons. The molecule has 6 heteroatoms. The number of carbonyl (C=O) groups is 2. The minimum absolute atomic E-state index is 0.0139. The van der Waals surface area contributed by atoms with Crippen LogP contribution < -0.4 is 5.32 Å². The number of hydrogen-bond donors (Lipinski definition) is 2. The van der Waals surface area contributed by atoms with E-state index >= 15 is 0 Å². The highest BCUT2D eigenvalue weighted by molar-refractivity contribution is 5.95. The Labute approximate surface area is 116 Å². The number of nitrogens with zero attached hydrogens (tertiary/aromatic N) is 2. The lowest BCUT2D eigenvalue weighted by Crippen LogP contribution is -2.19. The quantitative estimate of drug-likeness (QED) is 0.885. The molecule has 0 aliphatic heterocycles. The van der Waals surface area contributed by atoms with Crippen molar-refractivity contribution in [1.29, 1.82) is 0 Å². The van der Waals surface area contributed by atoms with Crippen LogP contribution in [0.5, 0.6) is 0 Å². The predicted octanol–water partition coefficient (Wildman–Crippen LogP) is 1.55. The third-order valence-corrected chi connectivity index (χ3v) is 3.06. The van der Waals surface area contributed by atoms with Crippen molar-refractivity contribution < 1.29 is 14.7 Å². The minimum atomic E-state index is -1.12. The zero-order chi connectivity index (χ0) is 14.7. The lowest BCUT2D eigenvalue weighted by molar-refractivity contribution is 0.0681. The Hall–Kier alpha value is -2.63. The van der Waals surface area contributed by atoms with Gasteiger partial charge in [0.05, 0.1) is 6.04 Å². The molecule has 2 aromatic rings. The van der Waals surface area contributed by atoms with Gasteiger partial charge in [-0.1, -0.05) is 30.3 Å². The average molecular weight is 273 g/mol. The zero-order valence-corrected chi connectivity index (χ0v) is 11.2. The van der Waals surface area contributed by atoms with Crippen molar-refractivity contribution in [2.45, 2.75) is 13.0 Å². The molecule has 1 aromatic heterocycles. The summed E-state index contributed by atoms with van der Waals surface area (Å²) in [5, 5.41) is 15.8. The summed E-state index contributed by atoms with van der Waals surface area (Å²) >= 11 is 0. The maximum absolute atomic E-state index is 11.6. The second-order valence-electron chi connectivity index (χ2n) is 4.33. The Balaban J connectivity index is 2.47. The van der Waals surface area contributed by atoms with E-state index in [9.17, 15) is 14.7 Å². The number of carboxylic acid groups (broad SMARTS) is 1. The van der Waals surface area contributed by atoms with Crippen LogP contribution in [-0.4, -0.2) is 33.8 Å². The largest absolute Gasteiger partial charge is 0.477 e. The summed E-state index contributed by atoms with van der Waals surface area (Å²) < 4.78 is 1.35. The van der Waals surface area contributed by atoms with E-state index in [4.69, 9.17) is 0 Å². The molecule has 1 amide bonds. The third kappa shape index (κ3) is 2.54. The van der Waals surface area contributed by atoms with Crippen LogP contribution in [0.3, 0.4) is 0 Å². The van der Waals surface area contributed by atoms with Gasteiger partial charge in [-0.05, 0) is 12.5 Å². The molecule has 1 heterocycles. The van der Waals surface area contributed by atoms with Gasteiger partial charge >= 0.3 is 5.97 Å². The van der Waals surface area contributed by atoms with Crippen molar-refractivity contribution in [2.24, 2.45) is 0 Å². The van der Waals surface area contributed by atoms with Gasteiger partial charge in [-0.2, -0.15) is 5.10 Å². The Bertz CT molecular complexity index is 634. The van der Waals surface area contributed by atoms with Crippen LogP contribution in [0, 0.1) is 0 Å². The number of aromatic nitrogens is 2. The maximum Gasteiger partial charge on any atom is 0.354 e. The van der Waals surface area contributed by atoms with Gasteiger partial charge < -0.3 is 10.4 Å². The summed E-state index contributed by atoms with van der Waals surface area (Å²) in [6, 6.07) is 10.4. The molecular formula is C14H15N3O3. The van der Waals surface area contributed by atoms with Crippen molar-refractivity contribution in [3.63, 3.8) is 0 Å². The molecule has 0 spiro atoms. The second-order valence-corrected chi connectivity index (χ2v) is 4.33. The van der Waals surface area contributed by atoms with E-state index in [-0.39, 0.29) is 17.4 Å². The lowest BCUT2D eigenvalue weighted by Gasteiger charge is -2.14.